The summed E-state index contributed by atoms with van der Waals surface area (Å²) >= 11 is 0. The van der Waals surface area contributed by atoms with Crippen molar-refractivity contribution in [2.45, 2.75) is 103 Å². The molecule has 2 aliphatic carbocycles. The van der Waals surface area contributed by atoms with Crippen molar-refractivity contribution < 1.29 is 57.2 Å². The van der Waals surface area contributed by atoms with Gasteiger partial charge in [0.1, 0.15) is 23.4 Å². The Morgan fingerprint density at radius 1 is 1.00 bits per heavy atom. The van der Waals surface area contributed by atoms with Crippen molar-refractivity contribution >= 4 is 35.6 Å². The van der Waals surface area contributed by atoms with Crippen molar-refractivity contribution in [2.24, 2.45) is 16.2 Å². The average molecular weight is 599 g/mol. The number of ether oxygens (including phenoxy) is 6. The Hall–Kier alpha value is -3.80. The van der Waals surface area contributed by atoms with E-state index in [2.05, 4.69) is 6.58 Å². The van der Waals surface area contributed by atoms with Crippen LogP contribution in [0.1, 0.15) is 61.8 Å². The molecular weight excluding hydrogens is 564 g/mol. The van der Waals surface area contributed by atoms with Gasteiger partial charge in [0, 0.05) is 25.0 Å². The van der Waals surface area contributed by atoms with Crippen LogP contribution in [0.25, 0.3) is 0 Å². The molecule has 2 saturated carbocycles. The number of allylic oxidation sites excluding steroid dienone is 1. The van der Waals surface area contributed by atoms with Crippen LogP contribution in [0.2, 0.25) is 0 Å². The molecule has 6 aliphatic rings. The van der Waals surface area contributed by atoms with Crippen LogP contribution in [0.3, 0.4) is 0 Å². The fourth-order valence-electron chi connectivity index (χ4n) is 9.01. The maximum atomic E-state index is 14.9. The first kappa shape index (κ1) is 29.3. The van der Waals surface area contributed by atoms with E-state index in [9.17, 15) is 28.8 Å². The summed E-state index contributed by atoms with van der Waals surface area (Å²) in [5, 5.41) is 0. The zero-order chi connectivity index (χ0) is 31.9. The van der Waals surface area contributed by atoms with Gasteiger partial charge < -0.3 is 28.4 Å². The maximum absolute atomic E-state index is 14.9. The second kappa shape index (κ2) is 8.02. The van der Waals surface area contributed by atoms with Crippen molar-refractivity contribution in [1.82, 2.24) is 0 Å². The van der Waals surface area contributed by atoms with Crippen LogP contribution in [0.4, 0.5) is 0 Å². The number of hydrogen-bond acceptors (Lipinski definition) is 12. The van der Waals surface area contributed by atoms with Gasteiger partial charge in [0.05, 0.1) is 10.8 Å². The van der Waals surface area contributed by atoms with Crippen molar-refractivity contribution in [3.8, 4) is 0 Å². The summed E-state index contributed by atoms with van der Waals surface area (Å²) < 4.78 is 36.2. The zero-order valence-electron chi connectivity index (χ0n) is 25.3. The number of carbonyl (C=O) groups excluding carboxylic acids is 6. The van der Waals surface area contributed by atoms with Crippen molar-refractivity contribution in [1.29, 1.82) is 0 Å². The molecule has 4 aliphatic heterocycles. The first-order valence-corrected chi connectivity index (χ1v) is 14.1. The quantitative estimate of drug-likeness (QED) is 0.153. The van der Waals surface area contributed by atoms with Gasteiger partial charge in [-0.25, -0.2) is 14.4 Å². The van der Waals surface area contributed by atoms with Crippen LogP contribution >= 0.6 is 0 Å². The number of hydrogen-bond donors (Lipinski definition) is 0. The Morgan fingerprint density at radius 3 is 2.23 bits per heavy atom. The van der Waals surface area contributed by atoms with Crippen molar-refractivity contribution in [3.05, 3.63) is 36.0 Å². The van der Waals surface area contributed by atoms with E-state index in [0.29, 0.717) is 0 Å². The molecule has 4 heterocycles. The number of esters is 5. The smallest absolute Gasteiger partial charge is 0.345 e. The zero-order valence-corrected chi connectivity index (χ0v) is 25.3. The van der Waals surface area contributed by atoms with Crippen molar-refractivity contribution in [3.63, 3.8) is 0 Å². The number of carbonyl (C=O) groups is 6. The molecule has 43 heavy (non-hydrogen) atoms. The summed E-state index contributed by atoms with van der Waals surface area (Å²) in [5.41, 5.74) is -13.3. The van der Waals surface area contributed by atoms with Crippen LogP contribution in [-0.2, 0) is 57.2 Å². The van der Waals surface area contributed by atoms with E-state index in [4.69, 9.17) is 28.4 Å². The highest BCUT2D eigenvalue weighted by atomic mass is 16.7. The lowest BCUT2D eigenvalue weighted by molar-refractivity contribution is -0.268. The average Bonchev–Trinajstić information content (AvgIpc) is 3.23. The molecule has 230 valence electrons. The molecule has 5 fully saturated rings. The summed E-state index contributed by atoms with van der Waals surface area (Å²) in [6.07, 6.45) is -0.228. The van der Waals surface area contributed by atoms with Gasteiger partial charge in [-0.3, -0.25) is 14.4 Å². The summed E-state index contributed by atoms with van der Waals surface area (Å²) in [6, 6.07) is 0. The molecule has 3 bridgehead atoms. The van der Waals surface area contributed by atoms with E-state index in [1.165, 1.54) is 39.8 Å². The Kier molecular flexibility index (Phi) is 5.46. The van der Waals surface area contributed by atoms with Gasteiger partial charge in [-0.1, -0.05) is 25.7 Å². The maximum Gasteiger partial charge on any atom is 0.345 e. The Labute approximate surface area is 247 Å². The van der Waals surface area contributed by atoms with Crippen LogP contribution in [-0.4, -0.2) is 76.3 Å². The molecule has 2 spiro atoms. The Morgan fingerprint density at radius 2 is 1.65 bits per heavy atom. The fraction of sp³-hybridized carbons (Fsp3) is 0.613. The minimum Gasteiger partial charge on any atom is -0.458 e. The first-order chi connectivity index (χ1) is 19.8. The number of Topliss-reactive ketones (excluding diaryl/α,β-unsaturated/α-hetero) is 1. The molecule has 0 radical (unpaired) electrons. The van der Waals surface area contributed by atoms with Gasteiger partial charge in [-0.2, -0.15) is 0 Å². The normalized spacial score (nSPS) is 47.0. The monoisotopic (exact) mass is 598 g/mol. The molecule has 0 aromatic carbocycles. The lowest BCUT2D eigenvalue weighted by Gasteiger charge is -2.67. The molecule has 6 rings (SSSR count). The molecular formula is C31H34O12. The third-order valence-electron chi connectivity index (χ3n) is 11.2. The number of rotatable bonds is 3. The highest BCUT2D eigenvalue weighted by Crippen LogP contribution is 2.82. The van der Waals surface area contributed by atoms with E-state index in [1.807, 2.05) is 0 Å². The van der Waals surface area contributed by atoms with Gasteiger partial charge in [-0.05, 0) is 47.1 Å². The van der Waals surface area contributed by atoms with Gasteiger partial charge in [0.15, 0.2) is 11.5 Å². The molecule has 12 heteroatoms. The van der Waals surface area contributed by atoms with Gasteiger partial charge in [-0.15, -0.1) is 0 Å². The van der Waals surface area contributed by atoms with Crippen LogP contribution in [0, 0.1) is 16.2 Å². The third-order valence-corrected chi connectivity index (χ3v) is 11.2. The Balaban J connectivity index is 1.78. The van der Waals surface area contributed by atoms with Gasteiger partial charge in [0.25, 0.3) is 0 Å². The summed E-state index contributed by atoms with van der Waals surface area (Å²) in [6.45, 7) is 16.2. The number of fused-ring (bicyclic) bond motifs is 1. The summed E-state index contributed by atoms with van der Waals surface area (Å²) in [7, 11) is 0. The predicted molar refractivity (Wildman–Crippen MR) is 143 cm³/mol. The van der Waals surface area contributed by atoms with Gasteiger partial charge >= 0.3 is 29.8 Å². The molecule has 0 unspecified atom stereocenters. The molecule has 0 amide bonds. The highest BCUT2D eigenvalue weighted by Gasteiger charge is 3.03. The third kappa shape index (κ3) is 2.66. The van der Waals surface area contributed by atoms with Gasteiger partial charge in [0.2, 0.25) is 17.0 Å². The molecule has 0 N–H and O–H groups in total. The van der Waals surface area contributed by atoms with Crippen molar-refractivity contribution in [2.75, 3.05) is 0 Å². The van der Waals surface area contributed by atoms with Crippen LogP contribution in [0.5, 0.6) is 0 Å². The molecule has 3 saturated heterocycles. The van der Waals surface area contributed by atoms with E-state index in [0.717, 1.165) is 6.92 Å². The van der Waals surface area contributed by atoms with E-state index in [1.54, 1.807) is 26.8 Å². The molecule has 0 aromatic heterocycles. The standard InChI is InChI=1S/C31H34O12/c1-10-14(2)20(34)40-18-13-28(12-11-19(33)41-25(28,6)7)15(3)30-22(39-17(5)32)26(8)21(35)29(27(18,30)9)23(36)38-16(4)31(29,43-30)24(37)42-26/h10-12,16,18,22H,3,13H2,1-2,4-9H3/b14-10+/t16-,18-,22-,26+,27-,28+,29+,30+,31-/m1/s1. The lowest BCUT2D eigenvalue weighted by atomic mass is 9.35. The predicted octanol–water partition coefficient (Wildman–Crippen LogP) is 1.98. The fourth-order valence-corrected chi connectivity index (χ4v) is 9.01. The summed E-state index contributed by atoms with van der Waals surface area (Å²) in [5.74, 6) is -5.23. The van der Waals surface area contributed by atoms with E-state index < -0.39 is 92.6 Å². The number of ketones is 1. The minimum absolute atomic E-state index is 0.141. The SMILES string of the molecule is C=C1[C@]2(C=CC(=O)OC2(C)C)C[C@@H](OC(=O)/C(C)=C/C)[C@]2(C)[C@]34C(=O)O[C@H](C)[C@]35O[C@]12[C@H](OC(C)=O)[C@@](C)(OC5=O)C4=O. The number of cyclic esters (lactones) is 2. The second-order valence-electron chi connectivity index (χ2n) is 13.2. The van der Waals surface area contributed by atoms with E-state index >= 15 is 0 Å². The summed E-state index contributed by atoms with van der Waals surface area (Å²) in [4.78, 5) is 82.0. The highest BCUT2D eigenvalue weighted by molar-refractivity contribution is 6.21. The molecule has 9 atom stereocenters. The first-order valence-electron chi connectivity index (χ1n) is 14.1. The van der Waals surface area contributed by atoms with Crippen LogP contribution < -0.4 is 0 Å². The molecule has 0 aromatic rings. The Bertz CT molecular complexity index is 1540. The minimum atomic E-state index is -2.39. The second-order valence-corrected chi connectivity index (χ2v) is 13.2. The van der Waals surface area contributed by atoms with Crippen LogP contribution in [0.15, 0.2) is 36.0 Å². The lowest BCUT2D eigenvalue weighted by Crippen LogP contribution is -2.85. The molecule has 12 nitrogen and oxygen atoms in total. The largest absolute Gasteiger partial charge is 0.458 e. The van der Waals surface area contributed by atoms with E-state index in [-0.39, 0.29) is 17.6 Å². The topological polar surface area (TPSA) is 158 Å².